The summed E-state index contributed by atoms with van der Waals surface area (Å²) >= 11 is 1.15. The summed E-state index contributed by atoms with van der Waals surface area (Å²) in [6, 6.07) is 3.17. The Balaban J connectivity index is 1.89. The molecule has 10 heteroatoms. The highest BCUT2D eigenvalue weighted by molar-refractivity contribution is 7.14. The molecule has 0 aliphatic carbocycles. The van der Waals surface area contributed by atoms with Crippen molar-refractivity contribution in [3.8, 4) is 0 Å². The third kappa shape index (κ3) is 4.98. The fraction of sp³-hybridized carbons (Fsp3) is 0.267. The van der Waals surface area contributed by atoms with E-state index in [-0.39, 0.29) is 12.1 Å². The van der Waals surface area contributed by atoms with Crippen LogP contribution in [0.1, 0.15) is 17.3 Å². The molecule has 1 unspecified atom stereocenters. The molecule has 2 rings (SSSR count). The number of amides is 2. The average molecular weight is 363 g/mol. The molecule has 0 saturated carbocycles. The van der Waals surface area contributed by atoms with Crippen LogP contribution in [0, 0.1) is 0 Å². The molecule has 0 aromatic carbocycles. The lowest BCUT2D eigenvalue weighted by Crippen LogP contribution is -2.35. The minimum absolute atomic E-state index is 0.118. The van der Waals surface area contributed by atoms with E-state index in [9.17, 15) is 14.4 Å². The molecule has 0 spiro atoms. The molecule has 9 nitrogen and oxygen atoms in total. The predicted octanol–water partition coefficient (Wildman–Crippen LogP) is 0.644. The van der Waals surface area contributed by atoms with Gasteiger partial charge < -0.3 is 20.7 Å². The van der Waals surface area contributed by atoms with Crippen LogP contribution in [0.4, 0.5) is 10.9 Å². The lowest BCUT2D eigenvalue weighted by Gasteiger charge is -2.18. The molecule has 25 heavy (non-hydrogen) atoms. The van der Waals surface area contributed by atoms with Gasteiger partial charge in [0.2, 0.25) is 5.95 Å². The highest BCUT2D eigenvalue weighted by Crippen LogP contribution is 2.22. The van der Waals surface area contributed by atoms with Crippen LogP contribution in [0.2, 0.25) is 0 Å². The van der Waals surface area contributed by atoms with Crippen LogP contribution in [0.15, 0.2) is 29.9 Å². The molecular weight excluding hydrogens is 346 g/mol. The molecule has 0 aliphatic heterocycles. The highest BCUT2D eigenvalue weighted by Gasteiger charge is 2.21. The second kappa shape index (κ2) is 8.20. The Hall–Kier alpha value is -3.01. The maximum atomic E-state index is 12.1. The molecule has 0 saturated heterocycles. The van der Waals surface area contributed by atoms with Gasteiger partial charge in [0, 0.05) is 19.4 Å². The van der Waals surface area contributed by atoms with E-state index in [1.807, 2.05) is 0 Å². The zero-order chi connectivity index (χ0) is 18.4. The van der Waals surface area contributed by atoms with Gasteiger partial charge in [-0.3, -0.25) is 14.4 Å². The number of carbonyl (C=O) groups is 3. The van der Waals surface area contributed by atoms with Crippen LogP contribution in [0.25, 0.3) is 0 Å². The van der Waals surface area contributed by atoms with Gasteiger partial charge in [-0.2, -0.15) is 0 Å². The molecule has 2 amide bonds. The van der Waals surface area contributed by atoms with Gasteiger partial charge in [0.05, 0.1) is 5.56 Å². The van der Waals surface area contributed by atoms with Crippen molar-refractivity contribution in [3.05, 3.63) is 35.5 Å². The largest absolute Gasteiger partial charge is 0.451 e. The van der Waals surface area contributed by atoms with E-state index in [0.717, 1.165) is 11.3 Å². The van der Waals surface area contributed by atoms with Crippen molar-refractivity contribution in [2.75, 3.05) is 23.8 Å². The van der Waals surface area contributed by atoms with E-state index in [2.05, 4.69) is 15.3 Å². The maximum absolute atomic E-state index is 12.1. The summed E-state index contributed by atoms with van der Waals surface area (Å²) in [5.41, 5.74) is 5.42. The quantitative estimate of drug-likeness (QED) is 0.691. The number of hydrogen-bond donors (Lipinski definition) is 2. The first kappa shape index (κ1) is 18.3. The number of anilines is 2. The van der Waals surface area contributed by atoms with Crippen molar-refractivity contribution < 1.29 is 19.1 Å². The molecule has 0 radical (unpaired) electrons. The van der Waals surface area contributed by atoms with Crippen LogP contribution in [-0.2, 0) is 14.3 Å². The Labute approximate surface area is 147 Å². The Morgan fingerprint density at radius 2 is 2.04 bits per heavy atom. The Morgan fingerprint density at radius 1 is 1.36 bits per heavy atom. The smallest absolute Gasteiger partial charge is 0.326 e. The SMILES string of the molecule is CC(OC(=O)CN(C)c1ncccn1)C(=O)Nc1sccc1C(N)=O. The summed E-state index contributed by atoms with van der Waals surface area (Å²) in [5, 5.41) is 4.47. The fourth-order valence-electron chi connectivity index (χ4n) is 1.85. The monoisotopic (exact) mass is 363 g/mol. The van der Waals surface area contributed by atoms with Gasteiger partial charge in [0.1, 0.15) is 11.5 Å². The number of nitrogens with one attached hydrogen (secondary N) is 1. The molecule has 2 heterocycles. The summed E-state index contributed by atoms with van der Waals surface area (Å²) < 4.78 is 5.09. The number of likely N-dealkylation sites (N-methyl/N-ethyl adjacent to an activating group) is 1. The van der Waals surface area contributed by atoms with Crippen molar-refractivity contribution in [2.45, 2.75) is 13.0 Å². The molecule has 3 N–H and O–H groups in total. The number of primary amides is 1. The van der Waals surface area contributed by atoms with Crippen molar-refractivity contribution in [1.82, 2.24) is 9.97 Å². The van der Waals surface area contributed by atoms with Crippen LogP contribution in [-0.4, -0.2) is 47.4 Å². The predicted molar refractivity (Wildman–Crippen MR) is 92.3 cm³/mol. The van der Waals surface area contributed by atoms with Gasteiger partial charge in [-0.15, -0.1) is 11.3 Å². The summed E-state index contributed by atoms with van der Waals surface area (Å²) in [7, 11) is 1.63. The first-order valence-corrected chi connectivity index (χ1v) is 8.12. The first-order valence-electron chi connectivity index (χ1n) is 7.24. The van der Waals surface area contributed by atoms with E-state index >= 15 is 0 Å². The summed E-state index contributed by atoms with van der Waals surface area (Å²) in [6.45, 7) is 1.32. The van der Waals surface area contributed by atoms with Gasteiger partial charge in [0.15, 0.2) is 6.10 Å². The number of rotatable bonds is 7. The highest BCUT2D eigenvalue weighted by atomic mass is 32.1. The standard InChI is InChI=1S/C15H17N5O4S/c1-9(13(23)19-14-10(12(16)22)4-7-25-14)24-11(21)8-20(2)15-17-5-3-6-18-15/h3-7,9H,8H2,1-2H3,(H2,16,22)(H,19,23). The van der Waals surface area contributed by atoms with Gasteiger partial charge in [-0.05, 0) is 24.4 Å². The summed E-state index contributed by atoms with van der Waals surface area (Å²) in [5.74, 6) is -1.46. The molecule has 2 aromatic rings. The lowest BCUT2D eigenvalue weighted by molar-refractivity contribution is -0.151. The molecule has 1 atom stereocenters. The number of nitrogens with two attached hydrogens (primary N) is 1. The normalized spacial score (nSPS) is 11.4. The third-order valence-electron chi connectivity index (χ3n) is 3.10. The second-order valence-electron chi connectivity index (χ2n) is 5.05. The average Bonchev–Trinajstić information content (AvgIpc) is 3.03. The number of nitrogens with zero attached hydrogens (tertiary/aromatic N) is 3. The zero-order valence-electron chi connectivity index (χ0n) is 13.6. The second-order valence-corrected chi connectivity index (χ2v) is 5.97. The van der Waals surface area contributed by atoms with Crippen molar-refractivity contribution >= 4 is 40.1 Å². The molecule has 0 fully saturated rings. The number of aromatic nitrogens is 2. The first-order chi connectivity index (χ1) is 11.9. The Morgan fingerprint density at radius 3 is 2.68 bits per heavy atom. The number of thiophene rings is 1. The van der Waals surface area contributed by atoms with E-state index in [0.29, 0.717) is 10.9 Å². The molecule has 0 aliphatic rings. The van der Waals surface area contributed by atoms with E-state index in [4.69, 9.17) is 10.5 Å². The Bertz CT molecular complexity index is 764. The van der Waals surface area contributed by atoms with E-state index in [1.165, 1.54) is 17.9 Å². The molecular formula is C15H17N5O4S. The van der Waals surface area contributed by atoms with Crippen molar-refractivity contribution in [1.29, 1.82) is 0 Å². The lowest BCUT2D eigenvalue weighted by atomic mass is 10.3. The van der Waals surface area contributed by atoms with E-state index in [1.54, 1.807) is 30.9 Å². The topological polar surface area (TPSA) is 128 Å². The summed E-state index contributed by atoms with van der Waals surface area (Å²) in [6.07, 6.45) is 2.07. The van der Waals surface area contributed by atoms with E-state index < -0.39 is 23.9 Å². The van der Waals surface area contributed by atoms with Gasteiger partial charge in [0.25, 0.3) is 11.8 Å². The van der Waals surface area contributed by atoms with Gasteiger partial charge in [-0.1, -0.05) is 0 Å². The minimum Gasteiger partial charge on any atom is -0.451 e. The number of esters is 1. The number of carbonyl (C=O) groups excluding carboxylic acids is 3. The minimum atomic E-state index is -1.04. The maximum Gasteiger partial charge on any atom is 0.326 e. The van der Waals surface area contributed by atoms with Crippen molar-refractivity contribution in [2.24, 2.45) is 5.73 Å². The fourth-order valence-corrected chi connectivity index (χ4v) is 2.65. The third-order valence-corrected chi connectivity index (χ3v) is 3.93. The molecule has 0 bridgehead atoms. The van der Waals surface area contributed by atoms with Crippen LogP contribution in [0.5, 0.6) is 0 Å². The summed E-state index contributed by atoms with van der Waals surface area (Å²) in [4.78, 5) is 44.8. The van der Waals surface area contributed by atoms with Crippen LogP contribution >= 0.6 is 11.3 Å². The Kier molecular flexibility index (Phi) is 6.01. The molecule has 132 valence electrons. The number of ether oxygens (including phenoxy) is 1. The molecule has 2 aromatic heterocycles. The van der Waals surface area contributed by atoms with Crippen LogP contribution in [0.3, 0.4) is 0 Å². The number of hydrogen-bond acceptors (Lipinski definition) is 8. The van der Waals surface area contributed by atoms with Crippen molar-refractivity contribution in [3.63, 3.8) is 0 Å². The zero-order valence-corrected chi connectivity index (χ0v) is 14.4. The van der Waals surface area contributed by atoms with Gasteiger partial charge in [-0.25, -0.2) is 9.97 Å². The van der Waals surface area contributed by atoms with Crippen LogP contribution < -0.4 is 16.0 Å². The van der Waals surface area contributed by atoms with Gasteiger partial charge >= 0.3 is 5.97 Å².